The van der Waals surface area contributed by atoms with Gasteiger partial charge >= 0.3 is 0 Å². The summed E-state index contributed by atoms with van der Waals surface area (Å²) in [5.74, 6) is 1.12. The van der Waals surface area contributed by atoms with Crippen molar-refractivity contribution in [2.45, 2.75) is 12.1 Å². The Bertz CT molecular complexity index is 896. The maximum Gasteiger partial charge on any atom is 0.218 e. The Morgan fingerprint density at radius 2 is 2.08 bits per heavy atom. The first-order chi connectivity index (χ1) is 11.9. The van der Waals surface area contributed by atoms with Gasteiger partial charge in [-0.3, -0.25) is 0 Å². The third-order valence-corrected chi connectivity index (χ3v) is 6.28. The molecule has 2 saturated heterocycles. The summed E-state index contributed by atoms with van der Waals surface area (Å²) in [4.78, 5) is 0. The molecule has 130 valence electrons. The number of furan rings is 1. The van der Waals surface area contributed by atoms with Crippen LogP contribution in [0.25, 0.3) is 11.3 Å². The van der Waals surface area contributed by atoms with Gasteiger partial charge in [0.2, 0.25) is 10.2 Å². The summed E-state index contributed by atoms with van der Waals surface area (Å²) in [6.45, 7) is 0. The first-order valence-corrected chi connectivity index (χ1v) is 9.89. The van der Waals surface area contributed by atoms with Crippen molar-refractivity contribution in [3.8, 4) is 11.3 Å². The SMILES string of the molecule is O=[S+]1(O)C[C@@H]2NC(=S)N(/N=C\c3ccc(-c4ccc(F)cc4)o3)[C@H]2C1. The monoisotopic (exact) mass is 380 g/mol. The predicted octanol–water partition coefficient (Wildman–Crippen LogP) is 2.33. The minimum atomic E-state index is -2.82. The minimum absolute atomic E-state index is 0.140. The number of nitrogens with zero attached hydrogens (tertiary/aromatic N) is 2. The second kappa shape index (κ2) is 6.01. The zero-order valence-electron chi connectivity index (χ0n) is 13.0. The second-order valence-corrected chi connectivity index (χ2v) is 8.63. The van der Waals surface area contributed by atoms with E-state index in [-0.39, 0.29) is 29.4 Å². The van der Waals surface area contributed by atoms with Crippen molar-refractivity contribution in [2.75, 3.05) is 11.5 Å². The van der Waals surface area contributed by atoms with Gasteiger partial charge in [0.05, 0.1) is 6.21 Å². The molecule has 1 aromatic heterocycles. The molecule has 2 N–H and O–H groups in total. The Labute approximate surface area is 150 Å². The maximum atomic E-state index is 13.0. The first kappa shape index (κ1) is 16.4. The molecule has 6 nitrogen and oxygen atoms in total. The van der Waals surface area contributed by atoms with Crippen LogP contribution in [-0.4, -0.2) is 44.5 Å². The number of halogens is 1. The molecule has 0 spiro atoms. The highest BCUT2D eigenvalue weighted by Gasteiger charge is 2.54. The van der Waals surface area contributed by atoms with Crippen LogP contribution in [0.1, 0.15) is 5.76 Å². The zero-order valence-corrected chi connectivity index (χ0v) is 14.6. The minimum Gasteiger partial charge on any atom is -0.455 e. The number of hydrogen-bond acceptors (Lipinski definition) is 4. The van der Waals surface area contributed by atoms with E-state index in [1.807, 2.05) is 0 Å². The third-order valence-electron chi connectivity index (χ3n) is 4.23. The highest BCUT2D eigenvalue weighted by atomic mass is 32.3. The Morgan fingerprint density at radius 3 is 2.84 bits per heavy atom. The number of rotatable bonds is 3. The van der Waals surface area contributed by atoms with Crippen LogP contribution in [0, 0.1) is 5.82 Å². The van der Waals surface area contributed by atoms with Gasteiger partial charge in [-0.25, -0.2) is 9.40 Å². The molecule has 2 aromatic rings. The largest absolute Gasteiger partial charge is 0.455 e. The van der Waals surface area contributed by atoms with Crippen LogP contribution in [0.2, 0.25) is 0 Å². The Balaban J connectivity index is 1.51. The van der Waals surface area contributed by atoms with Gasteiger partial charge < -0.3 is 9.73 Å². The summed E-state index contributed by atoms with van der Waals surface area (Å²) in [6, 6.07) is 9.13. The molecule has 25 heavy (non-hydrogen) atoms. The molecule has 9 heteroatoms. The number of fused-ring (bicyclic) bond motifs is 1. The third kappa shape index (κ3) is 3.22. The van der Waals surface area contributed by atoms with Crippen molar-refractivity contribution in [3.05, 3.63) is 48.0 Å². The molecule has 1 unspecified atom stereocenters. The normalized spacial score (nSPS) is 28.6. The van der Waals surface area contributed by atoms with E-state index in [1.54, 1.807) is 29.3 Å². The Hall–Kier alpha value is -2.10. The fourth-order valence-corrected chi connectivity index (χ4v) is 5.29. The molecular formula is C16H15FN3O3S2+. The summed E-state index contributed by atoms with van der Waals surface area (Å²) < 4.78 is 40.3. The highest BCUT2D eigenvalue weighted by molar-refractivity contribution is 7.98. The molecule has 2 aliphatic heterocycles. The van der Waals surface area contributed by atoms with Crippen LogP contribution in [-0.2, 0) is 14.4 Å². The van der Waals surface area contributed by atoms with E-state index in [1.165, 1.54) is 18.3 Å². The van der Waals surface area contributed by atoms with Crippen LogP contribution < -0.4 is 5.32 Å². The molecule has 0 saturated carbocycles. The van der Waals surface area contributed by atoms with Crippen LogP contribution in [0.4, 0.5) is 4.39 Å². The number of thiocarbonyl (C=S) groups is 1. The molecule has 3 heterocycles. The van der Waals surface area contributed by atoms with E-state index in [2.05, 4.69) is 10.4 Å². The van der Waals surface area contributed by atoms with Gasteiger partial charge in [-0.15, -0.1) is 0 Å². The Morgan fingerprint density at radius 1 is 1.32 bits per heavy atom. The van der Waals surface area contributed by atoms with Crippen molar-refractivity contribution in [2.24, 2.45) is 5.10 Å². The molecule has 3 atom stereocenters. The lowest BCUT2D eigenvalue weighted by atomic mass is 10.2. The lowest BCUT2D eigenvalue weighted by Gasteiger charge is -2.14. The van der Waals surface area contributed by atoms with Crippen LogP contribution in [0.3, 0.4) is 0 Å². The summed E-state index contributed by atoms with van der Waals surface area (Å²) in [5, 5.41) is 9.35. The van der Waals surface area contributed by atoms with E-state index in [9.17, 15) is 13.2 Å². The summed E-state index contributed by atoms with van der Waals surface area (Å²) in [5.41, 5.74) is 0.760. The summed E-state index contributed by atoms with van der Waals surface area (Å²) in [6.07, 6.45) is 1.51. The fourth-order valence-electron chi connectivity index (χ4n) is 3.05. The maximum absolute atomic E-state index is 13.0. The van der Waals surface area contributed by atoms with Gasteiger partial charge in [0.15, 0.2) is 16.6 Å². The fraction of sp³-hybridized carbons (Fsp3) is 0.250. The average Bonchev–Trinajstić information content (AvgIpc) is 3.19. The van der Waals surface area contributed by atoms with Crippen LogP contribution in [0.5, 0.6) is 0 Å². The van der Waals surface area contributed by atoms with Crippen molar-refractivity contribution < 1.29 is 17.6 Å². The molecule has 4 rings (SSSR count). The van der Waals surface area contributed by atoms with Crippen LogP contribution in [0.15, 0.2) is 45.9 Å². The molecule has 2 aliphatic rings. The molecule has 1 aromatic carbocycles. The smallest absolute Gasteiger partial charge is 0.218 e. The quantitative estimate of drug-likeness (QED) is 0.483. The van der Waals surface area contributed by atoms with Crippen molar-refractivity contribution in [3.63, 3.8) is 0 Å². The summed E-state index contributed by atoms with van der Waals surface area (Å²) in [7, 11) is -2.82. The lowest BCUT2D eigenvalue weighted by Crippen LogP contribution is -2.33. The molecule has 0 bridgehead atoms. The zero-order chi connectivity index (χ0) is 17.6. The number of hydrazone groups is 1. The van der Waals surface area contributed by atoms with Crippen molar-refractivity contribution in [1.29, 1.82) is 0 Å². The predicted molar refractivity (Wildman–Crippen MR) is 97.3 cm³/mol. The standard InChI is InChI=1S/C16H14FN3O3S2/c17-11-3-1-10(2-4-11)15-6-5-12(23-15)7-18-20-14-9-25(21,22)8-13(14)19-16(20)24/h1-7,13-14H,8-9H2,(H-,19,21,22,24)/p+1/b18-7-/t13-,14-/m0/s1. The van der Waals surface area contributed by atoms with E-state index >= 15 is 0 Å². The van der Waals surface area contributed by atoms with Gasteiger partial charge in [-0.2, -0.15) is 9.65 Å². The first-order valence-electron chi connectivity index (χ1n) is 7.63. The molecular weight excluding hydrogens is 365 g/mol. The van der Waals surface area contributed by atoms with Crippen molar-refractivity contribution in [1.82, 2.24) is 10.3 Å². The van der Waals surface area contributed by atoms with Crippen molar-refractivity contribution >= 4 is 33.8 Å². The molecule has 2 fully saturated rings. The number of hydrogen-bond donors (Lipinski definition) is 2. The van der Waals surface area contributed by atoms with E-state index < -0.39 is 10.2 Å². The second-order valence-electron chi connectivity index (χ2n) is 6.03. The topological polar surface area (TPSA) is 78.1 Å². The Kier molecular flexibility index (Phi) is 3.94. The van der Waals surface area contributed by atoms with Gasteiger partial charge in [-0.1, -0.05) is 4.21 Å². The van der Waals surface area contributed by atoms with E-state index in [0.717, 1.165) is 5.56 Å². The number of benzene rings is 1. The average molecular weight is 380 g/mol. The summed E-state index contributed by atoms with van der Waals surface area (Å²) >= 11 is 5.24. The van der Waals surface area contributed by atoms with Gasteiger partial charge in [-0.05, 0) is 48.6 Å². The number of nitrogens with one attached hydrogen (secondary N) is 1. The van der Waals surface area contributed by atoms with Gasteiger partial charge in [0, 0.05) is 5.56 Å². The molecule has 0 radical (unpaired) electrons. The van der Waals surface area contributed by atoms with Gasteiger partial charge in [0.25, 0.3) is 0 Å². The van der Waals surface area contributed by atoms with Crippen LogP contribution >= 0.6 is 12.2 Å². The van der Waals surface area contributed by atoms with Gasteiger partial charge in [0.1, 0.15) is 29.4 Å². The van der Waals surface area contributed by atoms with E-state index in [4.69, 9.17) is 16.6 Å². The van der Waals surface area contributed by atoms with E-state index in [0.29, 0.717) is 16.6 Å². The lowest BCUT2D eigenvalue weighted by molar-refractivity contribution is 0.372. The molecule has 0 aliphatic carbocycles. The highest BCUT2D eigenvalue weighted by Crippen LogP contribution is 2.27. The molecule has 0 amide bonds.